The number of hydrogen-bond acceptors (Lipinski definition) is 3. The zero-order valence-electron chi connectivity index (χ0n) is 13.6. The first-order chi connectivity index (χ1) is 12.1. The highest BCUT2D eigenvalue weighted by molar-refractivity contribution is 6.14. The molecule has 0 radical (unpaired) electrons. The van der Waals surface area contributed by atoms with Crippen LogP contribution in [0, 0.1) is 11.3 Å². The highest BCUT2D eigenvalue weighted by Gasteiger charge is 2.33. The van der Waals surface area contributed by atoms with Gasteiger partial charge < -0.3 is 0 Å². The highest BCUT2D eigenvalue weighted by atomic mass is 16.2. The molecule has 1 aromatic carbocycles. The molecule has 3 heterocycles. The molecule has 122 valence electrons. The molecular formula is C19H15N4O2+. The number of nitrogens with zero attached hydrogens (tertiary/aromatic N) is 2. The molecule has 0 saturated carbocycles. The quantitative estimate of drug-likeness (QED) is 0.724. The standard InChI is InChI=1S/C19H14N4O2/c1-2-13-7-8-15-17(12-5-3-11(10-20)4-6-12)18-14(22-23(13)15)9-16(24)21-19(18)25/h3-8H,2,9H2,1H3,(H,21,24,25)/p+1. The summed E-state index contributed by atoms with van der Waals surface area (Å²) in [6.45, 7) is 2.05. The minimum absolute atomic E-state index is 0.127. The third-order valence-corrected chi connectivity index (χ3v) is 4.50. The van der Waals surface area contributed by atoms with Gasteiger partial charge >= 0.3 is 0 Å². The monoisotopic (exact) mass is 331 g/mol. The van der Waals surface area contributed by atoms with Crippen molar-refractivity contribution in [3.05, 3.63) is 58.9 Å². The molecule has 2 aromatic heterocycles. The summed E-state index contributed by atoms with van der Waals surface area (Å²) in [5.74, 6) is -0.715. The number of carbonyl (C=O) groups excluding carboxylic acids is 2. The van der Waals surface area contributed by atoms with Gasteiger partial charge in [0, 0.05) is 5.56 Å². The van der Waals surface area contributed by atoms with Crippen molar-refractivity contribution in [2.24, 2.45) is 0 Å². The lowest BCUT2D eigenvalue weighted by Gasteiger charge is -2.16. The minimum atomic E-state index is -0.399. The van der Waals surface area contributed by atoms with E-state index >= 15 is 0 Å². The summed E-state index contributed by atoms with van der Waals surface area (Å²) in [6.07, 6.45) is 0.942. The molecule has 0 aliphatic carbocycles. The van der Waals surface area contributed by atoms with Crippen LogP contribution in [0.3, 0.4) is 0 Å². The smallest absolute Gasteiger partial charge is 0.265 e. The predicted octanol–water partition coefficient (Wildman–Crippen LogP) is 1.67. The lowest BCUT2D eigenvalue weighted by Crippen LogP contribution is -2.42. The van der Waals surface area contributed by atoms with Gasteiger partial charge in [-0.1, -0.05) is 19.1 Å². The fourth-order valence-corrected chi connectivity index (χ4v) is 3.33. The van der Waals surface area contributed by atoms with E-state index in [0.717, 1.165) is 28.8 Å². The lowest BCUT2D eigenvalue weighted by molar-refractivity contribution is -0.480. The number of aryl methyl sites for hydroxylation is 1. The number of nitrogens with one attached hydrogen (secondary N) is 2. The molecule has 0 unspecified atom stereocenters. The fraction of sp³-hybridized carbons (Fsp3) is 0.158. The zero-order chi connectivity index (χ0) is 17.6. The van der Waals surface area contributed by atoms with E-state index in [1.54, 1.807) is 12.1 Å². The Morgan fingerprint density at radius 2 is 1.92 bits per heavy atom. The fourth-order valence-electron chi connectivity index (χ4n) is 3.33. The van der Waals surface area contributed by atoms with Crippen molar-refractivity contribution < 1.29 is 14.7 Å². The number of aromatic amines is 1. The van der Waals surface area contributed by atoms with Gasteiger partial charge in [-0.2, -0.15) is 5.26 Å². The molecular weight excluding hydrogens is 316 g/mol. The normalized spacial score (nSPS) is 13.4. The van der Waals surface area contributed by atoms with Crippen molar-refractivity contribution in [2.75, 3.05) is 0 Å². The first-order valence-electron chi connectivity index (χ1n) is 8.05. The second-order valence-corrected chi connectivity index (χ2v) is 5.98. The van der Waals surface area contributed by atoms with Gasteiger partial charge in [0.25, 0.3) is 5.91 Å². The number of aromatic nitrogens is 2. The maximum absolute atomic E-state index is 12.5. The molecule has 1 aliphatic rings. The highest BCUT2D eigenvalue weighted by Crippen LogP contribution is 2.31. The zero-order valence-corrected chi connectivity index (χ0v) is 13.6. The molecule has 6 heteroatoms. The first-order valence-corrected chi connectivity index (χ1v) is 8.05. The molecule has 0 bridgehead atoms. The number of hydrogen-bond donors (Lipinski definition) is 1. The van der Waals surface area contributed by atoms with E-state index < -0.39 is 5.91 Å². The predicted molar refractivity (Wildman–Crippen MR) is 89.7 cm³/mol. The number of nitriles is 1. The van der Waals surface area contributed by atoms with Crippen LogP contribution in [-0.2, 0) is 17.6 Å². The Hall–Kier alpha value is -3.46. The van der Waals surface area contributed by atoms with E-state index in [2.05, 4.69) is 16.5 Å². The summed E-state index contributed by atoms with van der Waals surface area (Å²) in [6, 6.07) is 13.2. The molecule has 4 rings (SSSR count). The summed E-state index contributed by atoms with van der Waals surface area (Å²) in [5, 5.41) is 14.6. The SMILES string of the molecule is CCc1ccc2c(-c3ccc(C#N)cc3)c3c([nH+]n12)CC(=O)NC3=O. The number of H-pyrrole nitrogens is 1. The van der Waals surface area contributed by atoms with Crippen LogP contribution in [0.2, 0.25) is 0 Å². The second-order valence-electron chi connectivity index (χ2n) is 5.98. The van der Waals surface area contributed by atoms with E-state index in [-0.39, 0.29) is 12.3 Å². The Morgan fingerprint density at radius 3 is 2.60 bits per heavy atom. The van der Waals surface area contributed by atoms with E-state index in [1.807, 2.05) is 35.7 Å². The molecule has 0 saturated heterocycles. The Morgan fingerprint density at radius 1 is 1.16 bits per heavy atom. The molecule has 1 aliphatic heterocycles. The van der Waals surface area contributed by atoms with Crippen molar-refractivity contribution in [1.29, 1.82) is 5.26 Å². The van der Waals surface area contributed by atoms with Gasteiger partial charge in [0.05, 0.1) is 17.3 Å². The van der Waals surface area contributed by atoms with E-state index in [4.69, 9.17) is 5.26 Å². The van der Waals surface area contributed by atoms with Crippen LogP contribution in [0.5, 0.6) is 0 Å². The van der Waals surface area contributed by atoms with Gasteiger partial charge in [-0.15, -0.1) is 9.61 Å². The average Bonchev–Trinajstić information content (AvgIpc) is 3.02. The van der Waals surface area contributed by atoms with Gasteiger partial charge in [0.15, 0.2) is 0 Å². The Labute approximate surface area is 143 Å². The van der Waals surface area contributed by atoms with Crippen molar-refractivity contribution in [2.45, 2.75) is 19.8 Å². The molecule has 2 N–H and O–H groups in total. The second kappa shape index (κ2) is 5.56. The summed E-state index contributed by atoms with van der Waals surface area (Å²) in [4.78, 5) is 24.3. The number of carbonyl (C=O) groups is 2. The Bertz CT molecular complexity index is 1070. The van der Waals surface area contributed by atoms with E-state index in [1.165, 1.54) is 0 Å². The Balaban J connectivity index is 2.08. The average molecular weight is 331 g/mol. The van der Waals surface area contributed by atoms with Gasteiger partial charge in [-0.3, -0.25) is 14.9 Å². The molecule has 0 spiro atoms. The minimum Gasteiger partial charge on any atom is -0.292 e. The maximum atomic E-state index is 12.5. The van der Waals surface area contributed by atoms with Crippen LogP contribution >= 0.6 is 0 Å². The van der Waals surface area contributed by atoms with Crippen LogP contribution in [-0.4, -0.2) is 16.3 Å². The third kappa shape index (κ3) is 2.29. The van der Waals surface area contributed by atoms with Crippen LogP contribution in [0.15, 0.2) is 36.4 Å². The van der Waals surface area contributed by atoms with Gasteiger partial charge in [-0.25, -0.2) is 0 Å². The van der Waals surface area contributed by atoms with Crippen LogP contribution in [0.4, 0.5) is 0 Å². The topological polar surface area (TPSA) is 88.5 Å². The molecule has 0 atom stereocenters. The van der Waals surface area contributed by atoms with Gasteiger partial charge in [0.1, 0.15) is 17.5 Å². The maximum Gasteiger partial charge on any atom is 0.265 e. The Kier molecular flexibility index (Phi) is 3.36. The van der Waals surface area contributed by atoms with Crippen molar-refractivity contribution in [3.63, 3.8) is 0 Å². The number of amides is 2. The van der Waals surface area contributed by atoms with Crippen molar-refractivity contribution in [1.82, 2.24) is 9.83 Å². The summed E-state index contributed by atoms with van der Waals surface area (Å²) >= 11 is 0. The van der Waals surface area contributed by atoms with Crippen LogP contribution < -0.4 is 10.4 Å². The molecule has 2 amide bonds. The van der Waals surface area contributed by atoms with Crippen molar-refractivity contribution >= 4 is 17.3 Å². The number of fused-ring (bicyclic) bond motifs is 2. The summed E-state index contributed by atoms with van der Waals surface area (Å²) < 4.78 is 1.93. The molecule has 6 nitrogen and oxygen atoms in total. The lowest BCUT2D eigenvalue weighted by atomic mass is 9.94. The summed E-state index contributed by atoms with van der Waals surface area (Å²) in [7, 11) is 0. The van der Waals surface area contributed by atoms with Crippen LogP contribution in [0.25, 0.3) is 16.6 Å². The summed E-state index contributed by atoms with van der Waals surface area (Å²) in [5.41, 5.74) is 5.17. The largest absolute Gasteiger partial charge is 0.292 e. The van der Waals surface area contributed by atoms with Crippen LogP contribution in [0.1, 0.15) is 34.2 Å². The third-order valence-electron chi connectivity index (χ3n) is 4.50. The van der Waals surface area contributed by atoms with E-state index in [0.29, 0.717) is 16.8 Å². The van der Waals surface area contributed by atoms with E-state index in [9.17, 15) is 9.59 Å². The first kappa shape index (κ1) is 15.1. The molecule has 3 aromatic rings. The van der Waals surface area contributed by atoms with Gasteiger partial charge in [0.2, 0.25) is 11.6 Å². The molecule has 0 fully saturated rings. The molecule has 25 heavy (non-hydrogen) atoms. The van der Waals surface area contributed by atoms with Crippen molar-refractivity contribution in [3.8, 4) is 17.2 Å². The number of imide groups is 1. The number of rotatable bonds is 2. The van der Waals surface area contributed by atoms with Gasteiger partial charge in [-0.05, 0) is 36.2 Å². The number of benzene rings is 1.